The van der Waals surface area contributed by atoms with Gasteiger partial charge in [0, 0.05) is 17.3 Å². The van der Waals surface area contributed by atoms with Gasteiger partial charge in [-0.15, -0.1) is 0 Å². The highest BCUT2D eigenvalue weighted by molar-refractivity contribution is 6.51. The first kappa shape index (κ1) is 19.3. The Morgan fingerprint density at radius 2 is 1.61 bits per heavy atom. The number of benzene rings is 2. The number of carbonyl (C=O) groups excluding carboxylic acids is 2. The van der Waals surface area contributed by atoms with Gasteiger partial charge in [-0.05, 0) is 42.5 Å². The molecule has 1 unspecified atom stereocenters. The molecule has 6 rings (SSSR count). The van der Waals surface area contributed by atoms with Gasteiger partial charge in [0.15, 0.2) is 23.0 Å². The molecule has 1 aromatic heterocycles. The van der Waals surface area contributed by atoms with Crippen molar-refractivity contribution in [3.05, 3.63) is 71.7 Å². The average molecular weight is 447 g/mol. The maximum atomic E-state index is 13.2. The van der Waals surface area contributed by atoms with Crippen molar-refractivity contribution in [1.29, 1.82) is 0 Å². The van der Waals surface area contributed by atoms with Gasteiger partial charge in [0.25, 0.3) is 11.7 Å². The molecule has 1 saturated heterocycles. The van der Waals surface area contributed by atoms with Crippen LogP contribution in [0.5, 0.6) is 23.0 Å². The van der Waals surface area contributed by atoms with Crippen LogP contribution in [0.1, 0.15) is 17.4 Å². The quantitative estimate of drug-likeness (QED) is 0.370. The third kappa shape index (κ3) is 3.00. The number of Topliss-reactive ketones (excluding diaryl/α,β-unsaturated/α-hetero) is 1. The molecule has 1 atom stereocenters. The summed E-state index contributed by atoms with van der Waals surface area (Å²) in [6.07, 6.45) is 1.44. The molecule has 9 nitrogen and oxygen atoms in total. The van der Waals surface area contributed by atoms with Crippen molar-refractivity contribution in [3.63, 3.8) is 0 Å². The van der Waals surface area contributed by atoms with Crippen LogP contribution in [0, 0.1) is 0 Å². The first-order valence-electron chi connectivity index (χ1n) is 10.3. The Hall–Kier alpha value is -4.40. The van der Waals surface area contributed by atoms with E-state index in [4.69, 9.17) is 23.4 Å². The van der Waals surface area contributed by atoms with Crippen LogP contribution < -0.4 is 23.8 Å². The molecular weight excluding hydrogens is 430 g/mol. The normalized spacial score (nSPS) is 20.4. The summed E-state index contributed by atoms with van der Waals surface area (Å²) in [4.78, 5) is 27.6. The van der Waals surface area contributed by atoms with Crippen molar-refractivity contribution >= 4 is 23.1 Å². The number of rotatable bonds is 3. The van der Waals surface area contributed by atoms with E-state index in [0.717, 1.165) is 0 Å². The second kappa shape index (κ2) is 7.33. The second-order valence-electron chi connectivity index (χ2n) is 7.58. The number of hydrogen-bond acceptors (Lipinski definition) is 8. The fourth-order valence-electron chi connectivity index (χ4n) is 4.20. The number of carbonyl (C=O) groups is 2. The van der Waals surface area contributed by atoms with E-state index in [9.17, 15) is 14.7 Å². The number of anilines is 1. The number of fused-ring (bicyclic) bond motifs is 2. The molecule has 0 saturated carbocycles. The Kier molecular flexibility index (Phi) is 4.29. The number of aliphatic hydroxyl groups is 1. The molecule has 1 fully saturated rings. The van der Waals surface area contributed by atoms with Gasteiger partial charge < -0.3 is 28.5 Å². The Balaban J connectivity index is 1.50. The van der Waals surface area contributed by atoms with E-state index in [1.54, 1.807) is 48.5 Å². The van der Waals surface area contributed by atoms with E-state index in [-0.39, 0.29) is 18.1 Å². The number of aliphatic hydroxyl groups excluding tert-OH is 1. The van der Waals surface area contributed by atoms with Crippen LogP contribution in [0.3, 0.4) is 0 Å². The summed E-state index contributed by atoms with van der Waals surface area (Å²) in [6.45, 7) is 0.875. The molecule has 4 heterocycles. The zero-order valence-corrected chi connectivity index (χ0v) is 17.1. The van der Waals surface area contributed by atoms with Gasteiger partial charge in [-0.25, -0.2) is 0 Å². The molecule has 0 bridgehead atoms. The molecule has 0 spiro atoms. The summed E-state index contributed by atoms with van der Waals surface area (Å²) in [6, 6.07) is 12.1. The molecule has 9 heteroatoms. The lowest BCUT2D eigenvalue weighted by atomic mass is 9.99. The van der Waals surface area contributed by atoms with Crippen LogP contribution in [0.15, 0.2) is 64.8 Å². The third-order valence-electron chi connectivity index (χ3n) is 5.71. The molecule has 2 aromatic carbocycles. The second-order valence-corrected chi connectivity index (χ2v) is 7.58. The lowest BCUT2D eigenvalue weighted by molar-refractivity contribution is -0.132. The van der Waals surface area contributed by atoms with Crippen LogP contribution in [-0.4, -0.2) is 36.8 Å². The molecule has 1 N–H and O–H groups in total. The predicted molar refractivity (Wildman–Crippen MR) is 113 cm³/mol. The minimum Gasteiger partial charge on any atom is -0.507 e. The van der Waals surface area contributed by atoms with Gasteiger partial charge in [0.2, 0.25) is 6.79 Å². The van der Waals surface area contributed by atoms with Gasteiger partial charge in [-0.1, -0.05) is 0 Å². The fourth-order valence-corrected chi connectivity index (χ4v) is 4.20. The highest BCUT2D eigenvalue weighted by Crippen LogP contribution is 2.45. The SMILES string of the molecule is O=C1C(=O)N(c2ccc3c(c2)OCCO3)C(c2ccco2)/C1=C(/O)c1ccc2c(c1)OCO2. The summed E-state index contributed by atoms with van der Waals surface area (Å²) in [5, 5.41) is 11.2. The largest absolute Gasteiger partial charge is 0.507 e. The van der Waals surface area contributed by atoms with E-state index in [1.807, 2.05) is 0 Å². The number of ketones is 1. The summed E-state index contributed by atoms with van der Waals surface area (Å²) in [5.74, 6) is 0.350. The maximum absolute atomic E-state index is 13.2. The molecule has 3 aromatic rings. The highest BCUT2D eigenvalue weighted by atomic mass is 16.7. The van der Waals surface area contributed by atoms with Gasteiger partial charge in [0.1, 0.15) is 30.8 Å². The number of amides is 1. The standard InChI is InChI=1S/C24H17NO8/c26-22(13-3-5-16-18(10-13)33-12-32-16)20-21(17-2-1-7-29-17)25(24(28)23(20)27)14-4-6-15-19(11-14)31-9-8-30-15/h1-7,10-11,21,26H,8-9,12H2/b22-20-. The predicted octanol–water partition coefficient (Wildman–Crippen LogP) is 3.41. The summed E-state index contributed by atoms with van der Waals surface area (Å²) < 4.78 is 27.5. The molecule has 33 heavy (non-hydrogen) atoms. The van der Waals surface area contributed by atoms with Crippen molar-refractivity contribution in [2.45, 2.75) is 6.04 Å². The van der Waals surface area contributed by atoms with Gasteiger partial charge in [0.05, 0.1) is 11.8 Å². The summed E-state index contributed by atoms with van der Waals surface area (Å²) >= 11 is 0. The van der Waals surface area contributed by atoms with Crippen molar-refractivity contribution < 1.29 is 38.1 Å². The molecular formula is C24H17NO8. The van der Waals surface area contributed by atoms with E-state index in [1.165, 1.54) is 11.2 Å². The first-order chi connectivity index (χ1) is 16.1. The van der Waals surface area contributed by atoms with E-state index < -0.39 is 17.7 Å². The topological polar surface area (TPSA) is 108 Å². The maximum Gasteiger partial charge on any atom is 0.300 e. The number of hydrogen-bond donors (Lipinski definition) is 1. The zero-order valence-electron chi connectivity index (χ0n) is 17.1. The Labute approximate surface area is 187 Å². The van der Waals surface area contributed by atoms with Crippen molar-refractivity contribution in [1.82, 2.24) is 0 Å². The lowest BCUT2D eigenvalue weighted by Gasteiger charge is -2.25. The Morgan fingerprint density at radius 1 is 0.879 bits per heavy atom. The van der Waals surface area contributed by atoms with Gasteiger partial charge in [-0.3, -0.25) is 14.5 Å². The van der Waals surface area contributed by atoms with Crippen LogP contribution in [0.25, 0.3) is 5.76 Å². The van der Waals surface area contributed by atoms with Crippen LogP contribution in [0.4, 0.5) is 5.69 Å². The Bertz CT molecular complexity index is 1310. The lowest BCUT2D eigenvalue weighted by Crippen LogP contribution is -2.29. The average Bonchev–Trinajstić information content (AvgIpc) is 3.58. The van der Waals surface area contributed by atoms with Crippen molar-refractivity contribution in [2.24, 2.45) is 0 Å². The minimum absolute atomic E-state index is 0.0699. The Morgan fingerprint density at radius 3 is 2.42 bits per heavy atom. The minimum atomic E-state index is -0.979. The molecule has 0 radical (unpaired) electrons. The number of nitrogens with zero attached hydrogens (tertiary/aromatic N) is 1. The van der Waals surface area contributed by atoms with E-state index in [0.29, 0.717) is 53.2 Å². The smallest absolute Gasteiger partial charge is 0.300 e. The van der Waals surface area contributed by atoms with E-state index >= 15 is 0 Å². The monoisotopic (exact) mass is 447 g/mol. The van der Waals surface area contributed by atoms with E-state index in [2.05, 4.69) is 0 Å². The number of furan rings is 1. The van der Waals surface area contributed by atoms with Gasteiger partial charge in [-0.2, -0.15) is 0 Å². The van der Waals surface area contributed by atoms with Crippen molar-refractivity contribution in [3.8, 4) is 23.0 Å². The zero-order chi connectivity index (χ0) is 22.5. The fraction of sp³-hybridized carbons (Fsp3) is 0.167. The molecule has 3 aliphatic rings. The molecule has 166 valence electrons. The molecule has 3 aliphatic heterocycles. The number of ether oxygens (including phenoxy) is 4. The van der Waals surface area contributed by atoms with Crippen LogP contribution in [0.2, 0.25) is 0 Å². The van der Waals surface area contributed by atoms with Gasteiger partial charge >= 0.3 is 0 Å². The van der Waals surface area contributed by atoms with Crippen LogP contribution in [-0.2, 0) is 9.59 Å². The summed E-state index contributed by atoms with van der Waals surface area (Å²) in [5.41, 5.74) is 0.632. The first-order valence-corrected chi connectivity index (χ1v) is 10.3. The van der Waals surface area contributed by atoms with Crippen LogP contribution >= 0.6 is 0 Å². The molecule has 1 amide bonds. The summed E-state index contributed by atoms with van der Waals surface area (Å²) in [7, 11) is 0. The highest BCUT2D eigenvalue weighted by Gasteiger charge is 2.48. The van der Waals surface area contributed by atoms with Crippen molar-refractivity contribution in [2.75, 3.05) is 24.9 Å². The third-order valence-corrected chi connectivity index (χ3v) is 5.71. The molecule has 0 aliphatic carbocycles.